The number of amides is 1. The molecule has 0 bridgehead atoms. The third-order valence-electron chi connectivity index (χ3n) is 4.21. The molecule has 0 aliphatic carbocycles. The Morgan fingerprint density at radius 2 is 2.00 bits per heavy atom. The summed E-state index contributed by atoms with van der Waals surface area (Å²) in [7, 11) is 1.38. The molecule has 7 nitrogen and oxygen atoms in total. The van der Waals surface area contributed by atoms with E-state index in [2.05, 4.69) is 10.5 Å². The van der Waals surface area contributed by atoms with Crippen LogP contribution in [0.5, 0.6) is 11.5 Å². The van der Waals surface area contributed by atoms with Crippen LogP contribution in [0.3, 0.4) is 0 Å². The Labute approximate surface area is 165 Å². The van der Waals surface area contributed by atoms with Crippen LogP contribution in [0.15, 0.2) is 56.8 Å². The number of benzene rings is 2. The maximum Gasteiger partial charge on any atom is 0.336 e. The Morgan fingerprint density at radius 3 is 2.72 bits per heavy atom. The highest BCUT2D eigenvalue weighted by atomic mass is 19.1. The smallest absolute Gasteiger partial charge is 0.336 e. The van der Waals surface area contributed by atoms with Gasteiger partial charge in [-0.3, -0.25) is 4.79 Å². The molecule has 0 fully saturated rings. The highest BCUT2D eigenvalue weighted by molar-refractivity contribution is 5.99. The lowest BCUT2D eigenvalue weighted by molar-refractivity contribution is -0.123. The van der Waals surface area contributed by atoms with E-state index in [9.17, 15) is 14.0 Å². The van der Waals surface area contributed by atoms with Gasteiger partial charge in [-0.2, -0.15) is 5.10 Å². The molecule has 0 atom stereocenters. The summed E-state index contributed by atoms with van der Waals surface area (Å²) in [6, 6.07) is 10.8. The van der Waals surface area contributed by atoms with Crippen LogP contribution in [0.25, 0.3) is 11.0 Å². The normalized spacial score (nSPS) is 11.4. The summed E-state index contributed by atoms with van der Waals surface area (Å²) in [6.07, 6.45) is 0. The van der Waals surface area contributed by atoms with E-state index in [1.807, 2.05) is 6.92 Å². The van der Waals surface area contributed by atoms with E-state index in [4.69, 9.17) is 13.9 Å². The van der Waals surface area contributed by atoms with Gasteiger partial charge in [-0.1, -0.05) is 0 Å². The van der Waals surface area contributed by atoms with Crippen molar-refractivity contribution in [2.24, 2.45) is 5.10 Å². The van der Waals surface area contributed by atoms with E-state index in [-0.39, 0.29) is 12.4 Å². The number of halogens is 1. The SMILES string of the molecule is COc1ccc(/C(C)=N\NC(=O)COc2ccc3c(C)cc(=O)oc3c2)cc1F. The predicted molar refractivity (Wildman–Crippen MR) is 106 cm³/mol. The zero-order valence-corrected chi connectivity index (χ0v) is 16.1. The van der Waals surface area contributed by atoms with Gasteiger partial charge in [0, 0.05) is 23.1 Å². The second-order valence-electron chi connectivity index (χ2n) is 6.28. The monoisotopic (exact) mass is 398 g/mol. The number of carbonyl (C=O) groups excluding carboxylic acids is 1. The number of fused-ring (bicyclic) bond motifs is 1. The summed E-state index contributed by atoms with van der Waals surface area (Å²) in [6.45, 7) is 3.15. The minimum atomic E-state index is -0.521. The van der Waals surface area contributed by atoms with Crippen LogP contribution in [-0.4, -0.2) is 25.3 Å². The molecule has 8 heteroatoms. The fourth-order valence-corrected chi connectivity index (χ4v) is 2.68. The predicted octanol–water partition coefficient (Wildman–Crippen LogP) is 3.17. The molecule has 0 unspecified atom stereocenters. The molecule has 1 N–H and O–H groups in total. The Bertz CT molecular complexity index is 1150. The first-order chi connectivity index (χ1) is 13.9. The van der Waals surface area contributed by atoms with Crippen LogP contribution < -0.4 is 20.5 Å². The van der Waals surface area contributed by atoms with Gasteiger partial charge in [0.25, 0.3) is 5.91 Å². The summed E-state index contributed by atoms with van der Waals surface area (Å²) in [5.74, 6) is -0.517. The van der Waals surface area contributed by atoms with Crippen molar-refractivity contribution in [2.75, 3.05) is 13.7 Å². The van der Waals surface area contributed by atoms with Crippen molar-refractivity contribution in [3.8, 4) is 11.5 Å². The van der Waals surface area contributed by atoms with Crippen LogP contribution in [0.4, 0.5) is 4.39 Å². The van der Waals surface area contributed by atoms with E-state index in [1.165, 1.54) is 25.3 Å². The standard InChI is InChI=1S/C21H19FN2O5/c1-12-8-21(26)29-19-10-15(5-6-16(12)19)28-11-20(25)24-23-13(2)14-4-7-18(27-3)17(22)9-14/h4-10H,11H2,1-3H3,(H,24,25)/b23-13-. The summed E-state index contributed by atoms with van der Waals surface area (Å²) in [5, 5.41) is 4.73. The second-order valence-corrected chi connectivity index (χ2v) is 6.28. The summed E-state index contributed by atoms with van der Waals surface area (Å²) < 4.78 is 29.2. The molecule has 150 valence electrons. The molecule has 2 aromatic carbocycles. The fraction of sp³-hybridized carbons (Fsp3) is 0.190. The molecule has 1 amide bonds. The molecule has 1 heterocycles. The summed E-state index contributed by atoms with van der Waals surface area (Å²) >= 11 is 0. The van der Waals surface area contributed by atoms with Crippen molar-refractivity contribution in [3.63, 3.8) is 0 Å². The van der Waals surface area contributed by atoms with Gasteiger partial charge in [0.1, 0.15) is 11.3 Å². The molecule has 0 aliphatic heterocycles. The molecule has 1 aromatic heterocycles. The average molecular weight is 398 g/mol. The van der Waals surface area contributed by atoms with Gasteiger partial charge in [-0.05, 0) is 49.7 Å². The number of methoxy groups -OCH3 is 1. The zero-order chi connectivity index (χ0) is 21.0. The van der Waals surface area contributed by atoms with Crippen molar-refractivity contribution in [1.29, 1.82) is 0 Å². The van der Waals surface area contributed by atoms with Crippen molar-refractivity contribution in [1.82, 2.24) is 5.43 Å². The molecule has 0 saturated carbocycles. The van der Waals surface area contributed by atoms with Gasteiger partial charge >= 0.3 is 5.63 Å². The third-order valence-corrected chi connectivity index (χ3v) is 4.21. The maximum atomic E-state index is 13.8. The number of nitrogens with zero attached hydrogens (tertiary/aromatic N) is 1. The van der Waals surface area contributed by atoms with Gasteiger partial charge in [0.15, 0.2) is 18.2 Å². The van der Waals surface area contributed by atoms with Gasteiger partial charge in [0.2, 0.25) is 0 Å². The van der Waals surface area contributed by atoms with E-state index in [0.717, 1.165) is 10.9 Å². The Kier molecular flexibility index (Phi) is 5.92. The molecular formula is C21H19FN2O5. The summed E-state index contributed by atoms with van der Waals surface area (Å²) in [4.78, 5) is 23.5. The van der Waals surface area contributed by atoms with Crippen molar-refractivity contribution in [2.45, 2.75) is 13.8 Å². The lowest BCUT2D eigenvalue weighted by atomic mass is 10.1. The summed E-state index contributed by atoms with van der Waals surface area (Å²) in [5.41, 5.74) is 3.99. The van der Waals surface area contributed by atoms with E-state index < -0.39 is 17.3 Å². The lowest BCUT2D eigenvalue weighted by Crippen LogP contribution is -2.25. The highest BCUT2D eigenvalue weighted by Crippen LogP contribution is 2.22. The first kappa shape index (κ1) is 20.1. The molecule has 0 aliphatic rings. The number of carbonyl (C=O) groups is 1. The number of rotatable bonds is 6. The Morgan fingerprint density at radius 1 is 1.21 bits per heavy atom. The highest BCUT2D eigenvalue weighted by Gasteiger charge is 2.08. The first-order valence-electron chi connectivity index (χ1n) is 8.71. The maximum absolute atomic E-state index is 13.8. The molecule has 3 rings (SSSR count). The molecule has 0 radical (unpaired) electrons. The van der Waals surface area contributed by atoms with Gasteiger partial charge in [-0.15, -0.1) is 0 Å². The van der Waals surface area contributed by atoms with Crippen LogP contribution in [0.1, 0.15) is 18.1 Å². The number of hydrogen-bond donors (Lipinski definition) is 1. The number of nitrogens with one attached hydrogen (secondary N) is 1. The fourth-order valence-electron chi connectivity index (χ4n) is 2.68. The Balaban J connectivity index is 1.62. The van der Waals surface area contributed by atoms with Gasteiger partial charge in [-0.25, -0.2) is 14.6 Å². The van der Waals surface area contributed by atoms with E-state index in [0.29, 0.717) is 22.6 Å². The van der Waals surface area contributed by atoms with Gasteiger partial charge < -0.3 is 13.9 Å². The van der Waals surface area contributed by atoms with Gasteiger partial charge in [0.05, 0.1) is 12.8 Å². The van der Waals surface area contributed by atoms with Crippen LogP contribution in [0.2, 0.25) is 0 Å². The molecular weight excluding hydrogens is 379 g/mol. The topological polar surface area (TPSA) is 90.1 Å². The lowest BCUT2D eigenvalue weighted by Gasteiger charge is -2.08. The minimum absolute atomic E-state index is 0.125. The van der Waals surface area contributed by atoms with Crippen LogP contribution in [-0.2, 0) is 4.79 Å². The van der Waals surface area contributed by atoms with Crippen molar-refractivity contribution in [3.05, 3.63) is 69.8 Å². The number of hydrogen-bond acceptors (Lipinski definition) is 6. The van der Waals surface area contributed by atoms with Crippen LogP contribution in [0, 0.1) is 12.7 Å². The molecule has 29 heavy (non-hydrogen) atoms. The average Bonchev–Trinajstić information content (AvgIpc) is 2.69. The number of hydrazone groups is 1. The largest absolute Gasteiger partial charge is 0.494 e. The quantitative estimate of drug-likeness (QED) is 0.391. The van der Waals surface area contributed by atoms with Crippen molar-refractivity contribution < 1.29 is 23.1 Å². The Hall–Kier alpha value is -3.68. The zero-order valence-electron chi connectivity index (χ0n) is 16.1. The third kappa shape index (κ3) is 4.78. The van der Waals surface area contributed by atoms with E-state index in [1.54, 1.807) is 31.2 Å². The number of ether oxygens (including phenoxy) is 2. The molecule has 0 spiro atoms. The molecule has 0 saturated heterocycles. The van der Waals surface area contributed by atoms with E-state index >= 15 is 0 Å². The number of aryl methyl sites for hydroxylation is 1. The van der Waals surface area contributed by atoms with Crippen molar-refractivity contribution >= 4 is 22.6 Å². The first-order valence-corrected chi connectivity index (χ1v) is 8.71. The molecule has 3 aromatic rings. The minimum Gasteiger partial charge on any atom is -0.494 e. The van der Waals surface area contributed by atoms with Crippen LogP contribution >= 0.6 is 0 Å². The second kappa shape index (κ2) is 8.55.